The number of halogens is 3. The molecule has 0 saturated carbocycles. The van der Waals surface area contributed by atoms with Gasteiger partial charge in [-0.2, -0.15) is 13.2 Å². The summed E-state index contributed by atoms with van der Waals surface area (Å²) in [6.45, 7) is 1.25. The molecule has 5 heteroatoms. The van der Waals surface area contributed by atoms with Crippen molar-refractivity contribution in [1.82, 2.24) is 4.57 Å². The van der Waals surface area contributed by atoms with E-state index < -0.39 is 17.3 Å². The SMILES string of the molecule is Cc1c(C(F)(F)F)c2c(n(C)c1=O)CCC2. The van der Waals surface area contributed by atoms with Crippen molar-refractivity contribution in [3.05, 3.63) is 32.7 Å². The topological polar surface area (TPSA) is 22.0 Å². The van der Waals surface area contributed by atoms with E-state index in [0.717, 1.165) is 0 Å². The molecule has 2 nitrogen and oxygen atoms in total. The number of pyridine rings is 1. The number of hydrogen-bond acceptors (Lipinski definition) is 1. The van der Waals surface area contributed by atoms with Gasteiger partial charge in [-0.25, -0.2) is 0 Å². The van der Waals surface area contributed by atoms with Crippen molar-refractivity contribution in [2.75, 3.05) is 0 Å². The van der Waals surface area contributed by atoms with Gasteiger partial charge in [0, 0.05) is 18.3 Å². The lowest BCUT2D eigenvalue weighted by molar-refractivity contribution is -0.138. The average Bonchev–Trinajstić information content (AvgIpc) is 2.61. The molecule has 16 heavy (non-hydrogen) atoms. The van der Waals surface area contributed by atoms with Crippen molar-refractivity contribution in [2.45, 2.75) is 32.4 Å². The molecule has 1 aromatic heterocycles. The largest absolute Gasteiger partial charge is 0.417 e. The van der Waals surface area contributed by atoms with Crippen LogP contribution in [0.15, 0.2) is 4.79 Å². The number of nitrogens with zero attached hydrogens (tertiary/aromatic N) is 1. The van der Waals surface area contributed by atoms with Crippen LogP contribution in [-0.4, -0.2) is 4.57 Å². The first-order valence-electron chi connectivity index (χ1n) is 5.12. The fourth-order valence-corrected chi connectivity index (χ4v) is 2.46. The predicted molar refractivity (Wildman–Crippen MR) is 53.4 cm³/mol. The van der Waals surface area contributed by atoms with E-state index in [1.807, 2.05) is 0 Å². The molecule has 0 N–H and O–H groups in total. The Morgan fingerprint density at radius 1 is 1.25 bits per heavy atom. The zero-order chi connectivity index (χ0) is 12.1. The van der Waals surface area contributed by atoms with Gasteiger partial charge in [0.15, 0.2) is 0 Å². The number of rotatable bonds is 0. The van der Waals surface area contributed by atoms with Gasteiger partial charge < -0.3 is 4.57 Å². The van der Waals surface area contributed by atoms with Crippen LogP contribution in [0, 0.1) is 6.92 Å². The zero-order valence-electron chi connectivity index (χ0n) is 9.11. The lowest BCUT2D eigenvalue weighted by atomic mass is 10.0. The number of fused-ring (bicyclic) bond motifs is 1. The first-order valence-corrected chi connectivity index (χ1v) is 5.12. The maximum Gasteiger partial charge on any atom is 0.417 e. The molecule has 0 radical (unpaired) electrons. The summed E-state index contributed by atoms with van der Waals surface area (Å²) in [5.41, 5.74) is -0.568. The quantitative estimate of drug-likeness (QED) is 0.671. The standard InChI is InChI=1S/C11H12F3NO/c1-6-9(11(12,13)14)7-4-3-5-8(7)15(2)10(6)16/h3-5H2,1-2H3. The lowest BCUT2D eigenvalue weighted by Crippen LogP contribution is -2.28. The number of hydrogen-bond donors (Lipinski definition) is 0. The molecule has 2 rings (SSSR count). The second-order valence-electron chi connectivity index (χ2n) is 4.14. The third kappa shape index (κ3) is 1.45. The second-order valence-corrected chi connectivity index (χ2v) is 4.14. The normalized spacial score (nSPS) is 15.3. The van der Waals surface area contributed by atoms with Crippen molar-refractivity contribution < 1.29 is 13.2 Å². The van der Waals surface area contributed by atoms with Gasteiger partial charge in [0.1, 0.15) is 0 Å². The molecular weight excluding hydrogens is 219 g/mol. The van der Waals surface area contributed by atoms with Crippen LogP contribution in [0.2, 0.25) is 0 Å². The second kappa shape index (κ2) is 3.37. The Morgan fingerprint density at radius 2 is 1.88 bits per heavy atom. The highest BCUT2D eigenvalue weighted by Crippen LogP contribution is 2.37. The molecule has 0 spiro atoms. The molecule has 1 aliphatic carbocycles. The molecule has 0 bridgehead atoms. The van der Waals surface area contributed by atoms with E-state index in [4.69, 9.17) is 0 Å². The summed E-state index contributed by atoms with van der Waals surface area (Å²) in [6, 6.07) is 0. The van der Waals surface area contributed by atoms with Crippen LogP contribution in [0.3, 0.4) is 0 Å². The Balaban J connectivity index is 2.85. The maximum atomic E-state index is 12.9. The lowest BCUT2D eigenvalue weighted by Gasteiger charge is -2.17. The van der Waals surface area contributed by atoms with E-state index in [-0.39, 0.29) is 5.56 Å². The summed E-state index contributed by atoms with van der Waals surface area (Å²) in [5, 5.41) is 0. The van der Waals surface area contributed by atoms with E-state index in [1.54, 1.807) is 7.05 Å². The Labute approximate surface area is 90.7 Å². The van der Waals surface area contributed by atoms with Crippen LogP contribution >= 0.6 is 0 Å². The summed E-state index contributed by atoms with van der Waals surface area (Å²) in [6.07, 6.45) is -2.76. The maximum absolute atomic E-state index is 12.9. The van der Waals surface area contributed by atoms with E-state index >= 15 is 0 Å². The van der Waals surface area contributed by atoms with Gasteiger partial charge in [-0.3, -0.25) is 4.79 Å². The summed E-state index contributed by atoms with van der Waals surface area (Å²) in [7, 11) is 1.54. The molecule has 1 aromatic rings. The predicted octanol–water partition coefficient (Wildman–Crippen LogP) is 2.20. The highest BCUT2D eigenvalue weighted by Gasteiger charge is 2.39. The number of alkyl halides is 3. The van der Waals surface area contributed by atoms with Gasteiger partial charge in [0.25, 0.3) is 5.56 Å². The van der Waals surface area contributed by atoms with Crippen molar-refractivity contribution >= 4 is 0 Å². The smallest absolute Gasteiger partial charge is 0.315 e. The van der Waals surface area contributed by atoms with Crippen LogP contribution in [0.25, 0.3) is 0 Å². The fraction of sp³-hybridized carbons (Fsp3) is 0.545. The van der Waals surface area contributed by atoms with E-state index in [1.165, 1.54) is 11.5 Å². The van der Waals surface area contributed by atoms with Crippen molar-refractivity contribution in [3.8, 4) is 0 Å². The van der Waals surface area contributed by atoms with Crippen molar-refractivity contribution in [3.63, 3.8) is 0 Å². The van der Waals surface area contributed by atoms with Crippen LogP contribution in [0.5, 0.6) is 0 Å². The summed E-state index contributed by atoms with van der Waals surface area (Å²) >= 11 is 0. The molecular formula is C11H12F3NO. The van der Waals surface area contributed by atoms with E-state index in [9.17, 15) is 18.0 Å². The van der Waals surface area contributed by atoms with Crippen LogP contribution in [-0.2, 0) is 26.1 Å². The molecule has 1 aliphatic rings. The Bertz CT molecular complexity index is 499. The average molecular weight is 231 g/mol. The first-order chi connectivity index (χ1) is 7.34. The fourth-order valence-electron chi connectivity index (χ4n) is 2.46. The summed E-state index contributed by atoms with van der Waals surface area (Å²) in [5.74, 6) is 0. The first kappa shape index (κ1) is 11.2. The van der Waals surface area contributed by atoms with Gasteiger partial charge >= 0.3 is 6.18 Å². The van der Waals surface area contributed by atoms with Crippen LogP contribution < -0.4 is 5.56 Å². The molecule has 1 heterocycles. The molecule has 0 aliphatic heterocycles. The van der Waals surface area contributed by atoms with Gasteiger partial charge in [-0.15, -0.1) is 0 Å². The Morgan fingerprint density at radius 3 is 2.44 bits per heavy atom. The minimum atomic E-state index is -4.42. The zero-order valence-corrected chi connectivity index (χ0v) is 9.11. The monoisotopic (exact) mass is 231 g/mol. The van der Waals surface area contributed by atoms with E-state index in [2.05, 4.69) is 0 Å². The minimum Gasteiger partial charge on any atom is -0.315 e. The molecule has 0 aromatic carbocycles. The van der Waals surface area contributed by atoms with Gasteiger partial charge in [-0.05, 0) is 31.7 Å². The summed E-state index contributed by atoms with van der Waals surface area (Å²) in [4.78, 5) is 11.7. The third-order valence-electron chi connectivity index (χ3n) is 3.18. The van der Waals surface area contributed by atoms with Crippen molar-refractivity contribution in [1.29, 1.82) is 0 Å². The highest BCUT2D eigenvalue weighted by molar-refractivity contribution is 5.41. The molecule has 0 saturated heterocycles. The number of aromatic nitrogens is 1. The van der Waals surface area contributed by atoms with Gasteiger partial charge in [-0.1, -0.05) is 0 Å². The van der Waals surface area contributed by atoms with Gasteiger partial charge in [0.2, 0.25) is 0 Å². The molecule has 0 atom stereocenters. The van der Waals surface area contributed by atoms with Gasteiger partial charge in [0.05, 0.1) is 5.56 Å². The highest BCUT2D eigenvalue weighted by atomic mass is 19.4. The molecule has 0 amide bonds. The molecule has 0 unspecified atom stereocenters. The van der Waals surface area contributed by atoms with Crippen LogP contribution in [0.1, 0.15) is 28.8 Å². The molecule has 0 fully saturated rings. The third-order valence-corrected chi connectivity index (χ3v) is 3.18. The van der Waals surface area contributed by atoms with Crippen LogP contribution in [0.4, 0.5) is 13.2 Å². The van der Waals surface area contributed by atoms with Crippen molar-refractivity contribution in [2.24, 2.45) is 7.05 Å². The van der Waals surface area contributed by atoms with E-state index in [0.29, 0.717) is 30.5 Å². The Hall–Kier alpha value is -1.26. The summed E-state index contributed by atoms with van der Waals surface area (Å²) < 4.78 is 40.0. The minimum absolute atomic E-state index is 0.185. The molecule has 88 valence electrons. The Kier molecular flexibility index (Phi) is 2.36.